The molecule has 8 heteroatoms. The highest BCUT2D eigenvalue weighted by molar-refractivity contribution is 7.13. The van der Waals surface area contributed by atoms with Crippen molar-refractivity contribution in [2.75, 3.05) is 37.6 Å². The Labute approximate surface area is 209 Å². The van der Waals surface area contributed by atoms with Gasteiger partial charge in [0, 0.05) is 56.6 Å². The molecular formula is C27H28N6OS. The fraction of sp³-hybridized carbons (Fsp3) is 0.222. The molecule has 2 aromatic carbocycles. The van der Waals surface area contributed by atoms with Crippen molar-refractivity contribution in [1.82, 2.24) is 20.1 Å². The summed E-state index contributed by atoms with van der Waals surface area (Å²) in [6, 6.07) is 24.5. The highest BCUT2D eigenvalue weighted by Crippen LogP contribution is 2.26. The molecular weight excluding hydrogens is 456 g/mol. The summed E-state index contributed by atoms with van der Waals surface area (Å²) < 4.78 is 1.84. The minimum Gasteiger partial charge on any atom is -0.369 e. The Balaban J connectivity index is 1.15. The van der Waals surface area contributed by atoms with Gasteiger partial charge in [-0.2, -0.15) is 10.2 Å². The summed E-state index contributed by atoms with van der Waals surface area (Å²) in [4.78, 5) is 18.2. The minimum atomic E-state index is -0.0835. The number of hydrogen-bond donors (Lipinski definition) is 1. The standard InChI is InChI=1S/C27H28N6OS/c34-26(13-14-31-15-17-32(18-16-31)23-8-3-1-4-9-23)29-28-20-22-21-33(24-10-5-2-6-11-24)30-27(22)25-12-7-19-35-25/h1-12,19-21H,13-18H2,(H,29,34)/b28-20+. The maximum atomic E-state index is 12.4. The maximum absolute atomic E-state index is 12.4. The first-order valence-corrected chi connectivity index (χ1v) is 12.7. The first-order chi connectivity index (χ1) is 17.3. The molecule has 1 N–H and O–H groups in total. The number of hydrazone groups is 1. The molecule has 0 bridgehead atoms. The van der Waals surface area contributed by atoms with Gasteiger partial charge in [-0.25, -0.2) is 10.1 Å². The van der Waals surface area contributed by atoms with Crippen molar-refractivity contribution < 1.29 is 4.79 Å². The van der Waals surface area contributed by atoms with Gasteiger partial charge in [0.2, 0.25) is 5.91 Å². The topological polar surface area (TPSA) is 65.8 Å². The van der Waals surface area contributed by atoms with Crippen molar-refractivity contribution in [1.29, 1.82) is 0 Å². The second-order valence-corrected chi connectivity index (χ2v) is 9.35. The monoisotopic (exact) mass is 484 g/mol. The lowest BCUT2D eigenvalue weighted by atomic mass is 10.2. The Morgan fingerprint density at radius 1 is 0.943 bits per heavy atom. The largest absolute Gasteiger partial charge is 0.369 e. The number of carbonyl (C=O) groups excluding carboxylic acids is 1. The van der Waals surface area contributed by atoms with Gasteiger partial charge in [-0.05, 0) is 35.7 Å². The molecule has 0 radical (unpaired) electrons. The summed E-state index contributed by atoms with van der Waals surface area (Å²) in [5.41, 5.74) is 6.62. The SMILES string of the molecule is O=C(CCN1CCN(c2ccccc2)CC1)N/N=C/c1cn(-c2ccccc2)nc1-c1cccs1. The number of anilines is 1. The zero-order valence-electron chi connectivity index (χ0n) is 19.5. The summed E-state index contributed by atoms with van der Waals surface area (Å²) >= 11 is 1.63. The first kappa shape index (κ1) is 23.0. The van der Waals surface area contributed by atoms with Crippen molar-refractivity contribution in [3.8, 4) is 16.3 Å². The Kier molecular flexibility index (Phi) is 7.31. The Hall–Kier alpha value is -3.75. The second kappa shape index (κ2) is 11.1. The van der Waals surface area contributed by atoms with Gasteiger partial charge in [0.1, 0.15) is 5.69 Å². The van der Waals surface area contributed by atoms with E-state index in [4.69, 9.17) is 5.10 Å². The molecule has 0 unspecified atom stereocenters. The predicted octanol–water partition coefficient (Wildman–Crippen LogP) is 4.26. The van der Waals surface area contributed by atoms with Crippen LogP contribution in [0.2, 0.25) is 0 Å². The summed E-state index contributed by atoms with van der Waals surface area (Å²) in [6.07, 6.45) is 4.04. The molecule has 1 saturated heterocycles. The summed E-state index contributed by atoms with van der Waals surface area (Å²) in [5, 5.41) is 11.0. The molecule has 0 aliphatic carbocycles. The van der Waals surface area contributed by atoms with Crippen LogP contribution in [0.25, 0.3) is 16.3 Å². The Morgan fingerprint density at radius 3 is 2.34 bits per heavy atom. The molecule has 1 fully saturated rings. The number of benzene rings is 2. The average molecular weight is 485 g/mol. The molecule has 1 amide bonds. The van der Waals surface area contributed by atoms with E-state index in [2.05, 4.69) is 44.6 Å². The zero-order valence-corrected chi connectivity index (χ0v) is 20.3. The molecule has 7 nitrogen and oxygen atoms in total. The van der Waals surface area contributed by atoms with Crippen molar-refractivity contribution in [2.45, 2.75) is 6.42 Å². The number of rotatable bonds is 8. The van der Waals surface area contributed by atoms with E-state index in [1.165, 1.54) is 5.69 Å². The third kappa shape index (κ3) is 5.85. The highest BCUT2D eigenvalue weighted by atomic mass is 32.1. The van der Waals surface area contributed by atoms with Gasteiger partial charge in [-0.1, -0.05) is 42.5 Å². The lowest BCUT2D eigenvalue weighted by molar-refractivity contribution is -0.121. The number of nitrogens with one attached hydrogen (secondary N) is 1. The van der Waals surface area contributed by atoms with Crippen LogP contribution >= 0.6 is 11.3 Å². The number of nitrogens with zero attached hydrogens (tertiary/aromatic N) is 5. The van der Waals surface area contributed by atoms with Crippen LogP contribution in [0.5, 0.6) is 0 Å². The zero-order chi connectivity index (χ0) is 23.9. The van der Waals surface area contributed by atoms with Gasteiger partial charge in [0.05, 0.1) is 16.8 Å². The third-order valence-electron chi connectivity index (χ3n) is 6.06. The average Bonchev–Trinajstić information content (AvgIpc) is 3.59. The molecule has 1 aliphatic heterocycles. The Morgan fingerprint density at radius 2 is 1.66 bits per heavy atom. The summed E-state index contributed by atoms with van der Waals surface area (Å²) in [7, 11) is 0. The van der Waals surface area contributed by atoms with Crippen molar-refractivity contribution in [2.24, 2.45) is 5.10 Å². The van der Waals surface area contributed by atoms with E-state index in [0.29, 0.717) is 6.42 Å². The van der Waals surface area contributed by atoms with Crippen molar-refractivity contribution in [3.63, 3.8) is 0 Å². The van der Waals surface area contributed by atoms with Crippen LogP contribution in [0.1, 0.15) is 12.0 Å². The quantitative estimate of drug-likeness (QED) is 0.300. The van der Waals surface area contributed by atoms with Crippen LogP contribution in [-0.2, 0) is 4.79 Å². The number of para-hydroxylation sites is 2. The summed E-state index contributed by atoms with van der Waals surface area (Å²) in [6.45, 7) is 4.58. The van der Waals surface area contributed by atoms with Crippen LogP contribution in [-0.4, -0.2) is 59.5 Å². The number of aromatic nitrogens is 2. The fourth-order valence-corrected chi connectivity index (χ4v) is 4.89. The van der Waals surface area contributed by atoms with Crippen LogP contribution < -0.4 is 10.3 Å². The number of thiophene rings is 1. The van der Waals surface area contributed by atoms with Crippen LogP contribution in [0.3, 0.4) is 0 Å². The molecule has 0 saturated carbocycles. The number of carbonyl (C=O) groups is 1. The van der Waals surface area contributed by atoms with E-state index in [0.717, 1.165) is 54.5 Å². The lowest BCUT2D eigenvalue weighted by Gasteiger charge is -2.36. The van der Waals surface area contributed by atoms with Crippen LogP contribution in [0.15, 0.2) is 89.5 Å². The lowest BCUT2D eigenvalue weighted by Crippen LogP contribution is -2.47. The predicted molar refractivity (Wildman–Crippen MR) is 142 cm³/mol. The molecule has 178 valence electrons. The molecule has 1 aliphatic rings. The van der Waals surface area contributed by atoms with Gasteiger partial charge in [0.25, 0.3) is 0 Å². The second-order valence-electron chi connectivity index (χ2n) is 8.40. The van der Waals surface area contributed by atoms with Gasteiger partial charge < -0.3 is 4.90 Å². The number of amides is 1. The molecule has 3 heterocycles. The van der Waals surface area contributed by atoms with E-state index in [1.54, 1.807) is 17.6 Å². The molecule has 5 rings (SSSR count). The number of piperazine rings is 1. The Bertz CT molecular complexity index is 1250. The minimum absolute atomic E-state index is 0.0835. The highest BCUT2D eigenvalue weighted by Gasteiger charge is 2.17. The van der Waals surface area contributed by atoms with Gasteiger partial charge >= 0.3 is 0 Å². The first-order valence-electron chi connectivity index (χ1n) is 11.8. The van der Waals surface area contributed by atoms with E-state index in [1.807, 2.05) is 64.8 Å². The molecule has 0 atom stereocenters. The molecule has 2 aromatic heterocycles. The van der Waals surface area contributed by atoms with Crippen LogP contribution in [0, 0.1) is 0 Å². The fourth-order valence-electron chi connectivity index (χ4n) is 4.16. The smallest absolute Gasteiger partial charge is 0.241 e. The summed E-state index contributed by atoms with van der Waals surface area (Å²) in [5.74, 6) is -0.0835. The van der Waals surface area contributed by atoms with Gasteiger partial charge in [-0.3, -0.25) is 9.69 Å². The van der Waals surface area contributed by atoms with Crippen LogP contribution in [0.4, 0.5) is 5.69 Å². The van der Waals surface area contributed by atoms with E-state index >= 15 is 0 Å². The number of hydrogen-bond acceptors (Lipinski definition) is 6. The molecule has 35 heavy (non-hydrogen) atoms. The third-order valence-corrected chi connectivity index (χ3v) is 6.94. The van der Waals surface area contributed by atoms with E-state index in [-0.39, 0.29) is 5.91 Å². The van der Waals surface area contributed by atoms with Gasteiger partial charge in [0.15, 0.2) is 0 Å². The normalized spacial score (nSPS) is 14.5. The molecule has 4 aromatic rings. The van der Waals surface area contributed by atoms with Gasteiger partial charge in [-0.15, -0.1) is 11.3 Å². The van der Waals surface area contributed by atoms with E-state index in [9.17, 15) is 4.79 Å². The molecule has 0 spiro atoms. The van der Waals surface area contributed by atoms with E-state index < -0.39 is 0 Å². The maximum Gasteiger partial charge on any atom is 0.241 e. The van der Waals surface area contributed by atoms with Crippen molar-refractivity contribution in [3.05, 3.63) is 89.9 Å². The van der Waals surface area contributed by atoms with Crippen molar-refractivity contribution >= 4 is 29.1 Å².